The summed E-state index contributed by atoms with van der Waals surface area (Å²) in [6, 6.07) is 0. The van der Waals surface area contributed by atoms with Crippen LogP contribution in [-0.2, 0) is 0 Å². The fourth-order valence-corrected chi connectivity index (χ4v) is 0.765. The molecule has 0 unspecified atom stereocenters. The van der Waals surface area contributed by atoms with Crippen molar-refractivity contribution < 1.29 is 9.13 Å². The van der Waals surface area contributed by atoms with Gasteiger partial charge in [-0.3, -0.25) is 0 Å². The number of hydrogen-bond donors (Lipinski definition) is 0. The number of ether oxygens (including phenoxy) is 1. The number of rotatable bonds is 3. The van der Waals surface area contributed by atoms with Crippen molar-refractivity contribution in [3.05, 3.63) is 17.3 Å². The highest BCUT2D eigenvalue weighted by Crippen LogP contribution is 2.14. The second-order valence-electron chi connectivity index (χ2n) is 2.09. The zero-order chi connectivity index (χ0) is 9.68. The summed E-state index contributed by atoms with van der Waals surface area (Å²) in [6.07, 6.45) is 6.31. The van der Waals surface area contributed by atoms with E-state index in [1.807, 2.05) is 0 Å². The van der Waals surface area contributed by atoms with Crippen LogP contribution in [0.1, 0.15) is 6.42 Å². The summed E-state index contributed by atoms with van der Waals surface area (Å²) >= 11 is 5.42. The van der Waals surface area contributed by atoms with Gasteiger partial charge in [0.05, 0.1) is 6.20 Å². The summed E-state index contributed by atoms with van der Waals surface area (Å²) in [6.45, 7) is 0.209. The minimum Gasteiger partial charge on any atom is -0.474 e. The molecule has 0 fully saturated rings. The minimum absolute atomic E-state index is 0.0582. The van der Waals surface area contributed by atoms with Crippen LogP contribution in [0, 0.1) is 18.2 Å². The molecule has 0 saturated carbocycles. The first-order valence-corrected chi connectivity index (χ1v) is 3.86. The molecule has 0 amide bonds. The predicted molar refractivity (Wildman–Crippen MR) is 45.9 cm³/mol. The van der Waals surface area contributed by atoms with E-state index in [0.717, 1.165) is 6.20 Å². The minimum atomic E-state index is -0.651. The average molecular weight is 201 g/mol. The average Bonchev–Trinajstić information content (AvgIpc) is 2.11. The van der Waals surface area contributed by atoms with Gasteiger partial charge in [0, 0.05) is 6.42 Å². The molecule has 0 aliphatic carbocycles. The van der Waals surface area contributed by atoms with Crippen LogP contribution in [0.5, 0.6) is 5.88 Å². The summed E-state index contributed by atoms with van der Waals surface area (Å²) in [5.74, 6) is 1.53. The maximum atomic E-state index is 12.8. The normalized spacial score (nSPS) is 9.31. The number of hydrogen-bond acceptors (Lipinski definition) is 3. The monoisotopic (exact) mass is 200 g/mol. The van der Waals surface area contributed by atoms with Gasteiger partial charge in [-0.2, -0.15) is 9.37 Å². The lowest BCUT2D eigenvalue weighted by molar-refractivity contribution is 0.295. The Morgan fingerprint density at radius 3 is 3.15 bits per heavy atom. The highest BCUT2D eigenvalue weighted by Gasteiger charge is 2.05. The zero-order valence-corrected chi connectivity index (χ0v) is 7.38. The Morgan fingerprint density at radius 2 is 2.46 bits per heavy atom. The molecule has 0 saturated heterocycles. The van der Waals surface area contributed by atoms with E-state index in [0.29, 0.717) is 6.42 Å². The highest BCUT2D eigenvalue weighted by molar-refractivity contribution is 6.28. The van der Waals surface area contributed by atoms with E-state index in [1.54, 1.807) is 0 Å². The molecular weight excluding hydrogens is 195 g/mol. The molecular formula is C8H6ClFN2O. The van der Waals surface area contributed by atoms with Gasteiger partial charge in [-0.1, -0.05) is 0 Å². The molecule has 5 heteroatoms. The topological polar surface area (TPSA) is 35.0 Å². The lowest BCUT2D eigenvalue weighted by atomic mass is 10.5. The number of terminal acetylenes is 1. The smallest absolute Gasteiger partial charge is 0.254 e. The van der Waals surface area contributed by atoms with Crippen molar-refractivity contribution in [2.75, 3.05) is 6.61 Å². The molecule has 1 aromatic rings. The van der Waals surface area contributed by atoms with Crippen LogP contribution in [0.2, 0.25) is 5.28 Å². The summed E-state index contributed by atoms with van der Waals surface area (Å²) in [5.41, 5.74) is 0. The van der Waals surface area contributed by atoms with Crippen molar-refractivity contribution in [3.63, 3.8) is 0 Å². The van der Waals surface area contributed by atoms with Gasteiger partial charge in [-0.05, 0) is 11.6 Å². The molecule has 1 heterocycles. The van der Waals surface area contributed by atoms with Crippen LogP contribution in [-0.4, -0.2) is 16.6 Å². The maximum absolute atomic E-state index is 12.8. The SMILES string of the molecule is C#CCCOc1nc(Cl)ncc1F. The van der Waals surface area contributed by atoms with E-state index in [1.165, 1.54) is 0 Å². The summed E-state index contributed by atoms with van der Waals surface area (Å²) in [4.78, 5) is 6.96. The van der Waals surface area contributed by atoms with Gasteiger partial charge in [0.25, 0.3) is 5.88 Å². The Hall–Kier alpha value is -1.34. The standard InChI is InChI=1S/C8H6ClFN2O/c1-2-3-4-13-7-6(10)5-11-8(9)12-7/h1,5H,3-4H2. The van der Waals surface area contributed by atoms with Crippen molar-refractivity contribution >= 4 is 11.6 Å². The van der Waals surface area contributed by atoms with Crippen LogP contribution in [0.25, 0.3) is 0 Å². The molecule has 13 heavy (non-hydrogen) atoms. The Labute approximate surface area is 79.9 Å². The van der Waals surface area contributed by atoms with E-state index in [-0.39, 0.29) is 17.8 Å². The number of nitrogens with zero attached hydrogens (tertiary/aromatic N) is 2. The van der Waals surface area contributed by atoms with Crippen molar-refractivity contribution in [1.29, 1.82) is 0 Å². The Balaban J connectivity index is 2.65. The van der Waals surface area contributed by atoms with Gasteiger partial charge < -0.3 is 4.74 Å². The maximum Gasteiger partial charge on any atom is 0.254 e. The zero-order valence-electron chi connectivity index (χ0n) is 6.63. The van der Waals surface area contributed by atoms with Crippen LogP contribution in [0.3, 0.4) is 0 Å². The van der Waals surface area contributed by atoms with E-state index in [4.69, 9.17) is 22.8 Å². The molecule has 1 aromatic heterocycles. The third kappa shape index (κ3) is 2.88. The third-order valence-corrected chi connectivity index (χ3v) is 1.35. The van der Waals surface area contributed by atoms with E-state index >= 15 is 0 Å². The highest BCUT2D eigenvalue weighted by atomic mass is 35.5. The van der Waals surface area contributed by atoms with Gasteiger partial charge in [-0.25, -0.2) is 4.98 Å². The van der Waals surface area contributed by atoms with Gasteiger partial charge in [0.15, 0.2) is 0 Å². The first-order valence-electron chi connectivity index (χ1n) is 3.48. The Bertz CT molecular complexity index is 337. The lowest BCUT2D eigenvalue weighted by Crippen LogP contribution is -2.01. The van der Waals surface area contributed by atoms with Crippen LogP contribution >= 0.6 is 11.6 Å². The Kier molecular flexibility index (Phi) is 3.47. The predicted octanol–water partition coefficient (Wildman–Crippen LogP) is 1.67. The van der Waals surface area contributed by atoms with E-state index in [9.17, 15) is 4.39 Å². The van der Waals surface area contributed by atoms with Gasteiger partial charge in [-0.15, -0.1) is 12.3 Å². The van der Waals surface area contributed by atoms with Crippen molar-refractivity contribution in [2.45, 2.75) is 6.42 Å². The molecule has 0 atom stereocenters. The fraction of sp³-hybridized carbons (Fsp3) is 0.250. The molecule has 0 bridgehead atoms. The van der Waals surface area contributed by atoms with Crippen molar-refractivity contribution in [1.82, 2.24) is 9.97 Å². The molecule has 0 aliphatic rings. The summed E-state index contributed by atoms with van der Waals surface area (Å²) < 4.78 is 17.7. The van der Waals surface area contributed by atoms with Crippen LogP contribution in [0.15, 0.2) is 6.20 Å². The first-order chi connectivity index (χ1) is 6.24. The summed E-state index contributed by atoms with van der Waals surface area (Å²) in [7, 11) is 0. The number of halogens is 2. The third-order valence-electron chi connectivity index (χ3n) is 1.17. The molecule has 0 radical (unpaired) electrons. The molecule has 0 aromatic carbocycles. The van der Waals surface area contributed by atoms with E-state index in [2.05, 4.69) is 15.9 Å². The van der Waals surface area contributed by atoms with Gasteiger partial charge in [0.1, 0.15) is 6.61 Å². The van der Waals surface area contributed by atoms with Crippen LogP contribution in [0.4, 0.5) is 4.39 Å². The van der Waals surface area contributed by atoms with Gasteiger partial charge >= 0.3 is 0 Å². The first kappa shape index (κ1) is 9.75. The molecule has 0 N–H and O–H groups in total. The van der Waals surface area contributed by atoms with Gasteiger partial charge in [0.2, 0.25) is 11.1 Å². The van der Waals surface area contributed by atoms with E-state index < -0.39 is 5.82 Å². The van der Waals surface area contributed by atoms with Crippen LogP contribution < -0.4 is 4.74 Å². The largest absolute Gasteiger partial charge is 0.474 e. The summed E-state index contributed by atoms with van der Waals surface area (Å²) in [5, 5.41) is -0.0582. The van der Waals surface area contributed by atoms with Crippen molar-refractivity contribution in [3.8, 4) is 18.2 Å². The lowest BCUT2D eigenvalue weighted by Gasteiger charge is -2.02. The molecule has 1 rings (SSSR count). The molecule has 0 spiro atoms. The molecule has 0 aliphatic heterocycles. The molecule has 68 valence electrons. The second-order valence-corrected chi connectivity index (χ2v) is 2.43. The molecule has 3 nitrogen and oxygen atoms in total. The number of aromatic nitrogens is 2. The fourth-order valence-electron chi connectivity index (χ4n) is 0.639. The quantitative estimate of drug-likeness (QED) is 0.423. The Morgan fingerprint density at radius 1 is 1.69 bits per heavy atom. The second kappa shape index (κ2) is 4.63. The van der Waals surface area contributed by atoms with Crippen molar-refractivity contribution in [2.24, 2.45) is 0 Å².